The summed E-state index contributed by atoms with van der Waals surface area (Å²) in [4.78, 5) is 111. The molecule has 2 aliphatic heterocycles. The second kappa shape index (κ2) is 22.3. The summed E-state index contributed by atoms with van der Waals surface area (Å²) in [5, 5.41) is 38.7. The molecule has 9 atom stereocenters. The molecule has 2 saturated heterocycles. The Morgan fingerprint density at radius 1 is 0.759 bits per heavy atom. The lowest BCUT2D eigenvalue weighted by atomic mass is 9.96. The third-order valence-corrected chi connectivity index (χ3v) is 11.0. The molecule has 2 heterocycles. The molecule has 0 unspecified atom stereocenters. The van der Waals surface area contributed by atoms with Crippen LogP contribution in [-0.4, -0.2) is 136 Å². The molecular formula is C39H60N8O10S. The zero-order valence-electron chi connectivity index (χ0n) is 34.3. The summed E-state index contributed by atoms with van der Waals surface area (Å²) in [6.45, 7) is 9.15. The van der Waals surface area contributed by atoms with Gasteiger partial charge < -0.3 is 52.3 Å². The number of amides is 8. The van der Waals surface area contributed by atoms with Crippen LogP contribution in [0.1, 0.15) is 72.8 Å². The summed E-state index contributed by atoms with van der Waals surface area (Å²) in [7, 11) is 0. The Bertz CT molecular complexity index is 1640. The number of aliphatic hydroxyl groups is 1. The Balaban J connectivity index is 2.04. The van der Waals surface area contributed by atoms with Gasteiger partial charge in [0.25, 0.3) is 0 Å². The minimum absolute atomic E-state index is 0.00788. The highest BCUT2D eigenvalue weighted by Gasteiger charge is 2.40. The third kappa shape index (κ3) is 13.3. The molecule has 0 spiro atoms. The number of carbonyl (C=O) groups excluding carboxylic acids is 8. The Morgan fingerprint density at radius 3 is 1.98 bits per heavy atom. The normalized spacial score (nSPS) is 27.5. The zero-order chi connectivity index (χ0) is 43.3. The molecule has 0 bridgehead atoms. The van der Waals surface area contributed by atoms with Crippen LogP contribution in [0.15, 0.2) is 24.3 Å². The maximum absolute atomic E-state index is 14.2. The number of aliphatic hydroxyl groups excluding tert-OH is 1. The predicted molar refractivity (Wildman–Crippen MR) is 216 cm³/mol. The number of rotatable bonds is 9. The van der Waals surface area contributed by atoms with E-state index in [0.717, 1.165) is 0 Å². The largest absolute Gasteiger partial charge is 0.508 e. The number of hydrogen-bond donors (Lipinski definition) is 9. The number of benzene rings is 1. The number of nitrogens with one attached hydrogen (secondary N) is 7. The molecule has 0 saturated carbocycles. The highest BCUT2D eigenvalue weighted by molar-refractivity contribution is 7.98. The van der Waals surface area contributed by atoms with Crippen molar-refractivity contribution in [3.63, 3.8) is 0 Å². The molecule has 0 aromatic heterocycles. The van der Waals surface area contributed by atoms with Crippen molar-refractivity contribution in [3.05, 3.63) is 29.8 Å². The fourth-order valence-electron chi connectivity index (χ4n) is 6.65. The van der Waals surface area contributed by atoms with Crippen molar-refractivity contribution in [1.29, 1.82) is 0 Å². The van der Waals surface area contributed by atoms with Gasteiger partial charge in [-0.15, -0.1) is 0 Å². The summed E-state index contributed by atoms with van der Waals surface area (Å²) < 4.78 is 0. The highest BCUT2D eigenvalue weighted by Crippen LogP contribution is 2.21. The SMILES string of the molecule is CC[C@H](C)[C@@H]1NC(=O)[C@H](C)NC(=O)[C@H]([C@@H](C)O)NC(=O)[C@H](CCSC)NC(=O)[C@@H]2CCCN2C(=O)[C@H](Cc2ccc(O)cc2)NC(=O)CNC(=O)[C@H](C(C)C)NC1=O. The van der Waals surface area contributed by atoms with Gasteiger partial charge in [-0.3, -0.25) is 38.4 Å². The first-order valence-electron chi connectivity index (χ1n) is 19.7. The number of phenols is 1. The number of nitrogens with zero attached hydrogens (tertiary/aromatic N) is 1. The van der Waals surface area contributed by atoms with E-state index in [0.29, 0.717) is 24.2 Å². The number of aromatic hydroxyl groups is 1. The Kier molecular flexibility index (Phi) is 18.2. The van der Waals surface area contributed by atoms with Crippen molar-refractivity contribution in [1.82, 2.24) is 42.1 Å². The summed E-state index contributed by atoms with van der Waals surface area (Å²) >= 11 is 1.41. The molecule has 19 heteroatoms. The van der Waals surface area contributed by atoms with Crippen LogP contribution in [0.4, 0.5) is 0 Å². The van der Waals surface area contributed by atoms with Gasteiger partial charge in [-0.2, -0.15) is 11.8 Å². The number of thioether (sulfide) groups is 1. The van der Waals surface area contributed by atoms with Gasteiger partial charge in [0.05, 0.1) is 12.6 Å². The van der Waals surface area contributed by atoms with Crippen molar-refractivity contribution in [2.24, 2.45) is 11.8 Å². The van der Waals surface area contributed by atoms with E-state index in [1.807, 2.05) is 0 Å². The summed E-state index contributed by atoms with van der Waals surface area (Å²) in [6, 6.07) is -2.47. The first kappa shape index (κ1) is 47.5. The van der Waals surface area contributed by atoms with E-state index in [4.69, 9.17) is 0 Å². The fourth-order valence-corrected chi connectivity index (χ4v) is 7.12. The lowest BCUT2D eigenvalue weighted by Gasteiger charge is -2.31. The van der Waals surface area contributed by atoms with Crippen LogP contribution in [0.25, 0.3) is 0 Å². The maximum Gasteiger partial charge on any atom is 0.246 e. The van der Waals surface area contributed by atoms with E-state index in [-0.39, 0.29) is 31.6 Å². The van der Waals surface area contributed by atoms with Crippen LogP contribution in [0, 0.1) is 11.8 Å². The van der Waals surface area contributed by atoms with E-state index in [1.54, 1.807) is 46.1 Å². The van der Waals surface area contributed by atoms with Crippen LogP contribution >= 0.6 is 11.8 Å². The molecule has 0 aliphatic carbocycles. The lowest BCUT2D eigenvalue weighted by Crippen LogP contribution is -2.62. The monoisotopic (exact) mass is 832 g/mol. The highest BCUT2D eigenvalue weighted by atomic mass is 32.2. The number of phenolic OH excluding ortho intramolecular Hbond substituents is 1. The zero-order valence-corrected chi connectivity index (χ0v) is 35.1. The first-order chi connectivity index (χ1) is 27.4. The van der Waals surface area contributed by atoms with Crippen molar-refractivity contribution in [2.75, 3.05) is 25.1 Å². The molecular weight excluding hydrogens is 773 g/mol. The van der Waals surface area contributed by atoms with Gasteiger partial charge in [-0.05, 0) is 74.7 Å². The van der Waals surface area contributed by atoms with E-state index < -0.39 is 114 Å². The lowest BCUT2D eigenvalue weighted by molar-refractivity contribution is -0.142. The molecule has 322 valence electrons. The summed E-state index contributed by atoms with van der Waals surface area (Å²) in [5.41, 5.74) is 0.583. The average molecular weight is 833 g/mol. The van der Waals surface area contributed by atoms with Crippen LogP contribution in [0.5, 0.6) is 5.75 Å². The smallest absolute Gasteiger partial charge is 0.246 e. The maximum atomic E-state index is 14.2. The number of fused-ring (bicyclic) bond motifs is 1. The number of hydrogen-bond acceptors (Lipinski definition) is 11. The van der Waals surface area contributed by atoms with E-state index in [1.165, 1.54) is 42.6 Å². The molecule has 1 aromatic rings. The summed E-state index contributed by atoms with van der Waals surface area (Å²) in [5.74, 6) is -6.22. The molecule has 0 radical (unpaired) electrons. The van der Waals surface area contributed by atoms with Gasteiger partial charge in [0.1, 0.15) is 48.0 Å². The summed E-state index contributed by atoms with van der Waals surface area (Å²) in [6.07, 6.45) is 1.62. The van der Waals surface area contributed by atoms with Gasteiger partial charge in [-0.25, -0.2) is 0 Å². The first-order valence-corrected chi connectivity index (χ1v) is 21.1. The van der Waals surface area contributed by atoms with Crippen LogP contribution in [-0.2, 0) is 44.8 Å². The van der Waals surface area contributed by atoms with Crippen LogP contribution in [0.2, 0.25) is 0 Å². The van der Waals surface area contributed by atoms with Gasteiger partial charge in [0.2, 0.25) is 47.3 Å². The third-order valence-electron chi connectivity index (χ3n) is 10.4. The van der Waals surface area contributed by atoms with Crippen LogP contribution in [0.3, 0.4) is 0 Å². The van der Waals surface area contributed by atoms with Gasteiger partial charge in [0.15, 0.2) is 0 Å². The Morgan fingerprint density at radius 2 is 1.38 bits per heavy atom. The topological polar surface area (TPSA) is 264 Å². The van der Waals surface area contributed by atoms with Gasteiger partial charge in [0, 0.05) is 13.0 Å². The fraction of sp³-hybridized carbons (Fsp3) is 0.641. The molecule has 2 fully saturated rings. The van der Waals surface area contributed by atoms with Crippen molar-refractivity contribution >= 4 is 59.0 Å². The van der Waals surface area contributed by atoms with E-state index >= 15 is 0 Å². The second-order valence-electron chi connectivity index (χ2n) is 15.3. The molecule has 2 aliphatic rings. The van der Waals surface area contributed by atoms with Crippen LogP contribution < -0.4 is 37.2 Å². The predicted octanol–water partition coefficient (Wildman–Crippen LogP) is -1.18. The molecule has 1 aromatic carbocycles. The van der Waals surface area contributed by atoms with Gasteiger partial charge in [-0.1, -0.05) is 46.2 Å². The standard InChI is InChI=1S/C39H60N8O10S/c1-8-21(4)31-37(55)44-30(20(2)3)36(54)40-19-29(50)42-27(18-24-11-13-25(49)14-12-24)39(57)47-16-9-10-28(47)35(53)43-26(15-17-58-7)34(52)46-32(23(6)48)38(56)41-22(5)33(51)45-31/h11-14,20-23,26-28,30-32,48-49H,8-10,15-19H2,1-7H3,(H,40,54)(H,41,56)(H,42,50)(H,43,53)(H,44,55)(H,45,51)(H,46,52)/t21-,22-,23+,26-,27-,28-,30-,31-,32-/m0/s1. The van der Waals surface area contributed by atoms with Crippen molar-refractivity contribution < 1.29 is 48.6 Å². The molecule has 9 N–H and O–H groups in total. The van der Waals surface area contributed by atoms with E-state index in [9.17, 15) is 48.6 Å². The quantitative estimate of drug-likeness (QED) is 0.143. The van der Waals surface area contributed by atoms with Crippen molar-refractivity contribution in [3.8, 4) is 5.75 Å². The minimum atomic E-state index is -1.55. The average Bonchev–Trinajstić information content (AvgIpc) is 3.68. The molecule has 58 heavy (non-hydrogen) atoms. The number of carbonyl (C=O) groups is 8. The minimum Gasteiger partial charge on any atom is -0.508 e. The molecule has 8 amide bonds. The Hall–Kier alpha value is -4.91. The molecule has 3 rings (SSSR count). The molecule has 18 nitrogen and oxygen atoms in total. The van der Waals surface area contributed by atoms with Crippen molar-refractivity contribution in [2.45, 2.75) is 122 Å². The second-order valence-corrected chi connectivity index (χ2v) is 16.3. The Labute approximate surface area is 343 Å². The van der Waals surface area contributed by atoms with E-state index in [2.05, 4.69) is 37.2 Å². The van der Waals surface area contributed by atoms with Gasteiger partial charge >= 0.3 is 0 Å².